The third-order valence-corrected chi connectivity index (χ3v) is 4.54. The predicted octanol–water partition coefficient (Wildman–Crippen LogP) is 4.27. The summed E-state index contributed by atoms with van der Waals surface area (Å²) in [5.74, 6) is 0.771. The lowest BCUT2D eigenvalue weighted by molar-refractivity contribution is -0.116. The van der Waals surface area contributed by atoms with Crippen LogP contribution in [0.1, 0.15) is 37.4 Å². The zero-order valence-corrected chi connectivity index (χ0v) is 15.1. The Morgan fingerprint density at radius 1 is 1.19 bits per heavy atom. The molecule has 4 rings (SSSR count). The molecule has 27 heavy (non-hydrogen) atoms. The van der Waals surface area contributed by atoms with Crippen LogP contribution in [0.4, 0.5) is 10.2 Å². The Kier molecular flexibility index (Phi) is 4.39. The molecule has 1 amide bonds. The number of carbonyl (C=O) groups excluding carboxylic acids is 1. The van der Waals surface area contributed by atoms with Crippen molar-refractivity contribution < 1.29 is 13.9 Å². The van der Waals surface area contributed by atoms with Crippen LogP contribution in [0.25, 0.3) is 5.69 Å². The lowest BCUT2D eigenvalue weighted by Crippen LogP contribution is -2.25. The Bertz CT molecular complexity index is 979. The zero-order chi connectivity index (χ0) is 19.0. The van der Waals surface area contributed by atoms with E-state index in [4.69, 9.17) is 4.74 Å². The number of rotatable bonds is 4. The van der Waals surface area contributed by atoms with Crippen molar-refractivity contribution in [1.82, 2.24) is 9.55 Å². The van der Waals surface area contributed by atoms with Crippen LogP contribution in [0, 0.1) is 5.82 Å². The molecule has 0 bridgehead atoms. The van der Waals surface area contributed by atoms with Crippen LogP contribution in [-0.2, 0) is 4.79 Å². The van der Waals surface area contributed by atoms with E-state index in [2.05, 4.69) is 10.3 Å². The van der Waals surface area contributed by atoms with Gasteiger partial charge in [-0.15, -0.1) is 0 Å². The van der Waals surface area contributed by atoms with Crippen LogP contribution in [0.3, 0.4) is 0 Å². The van der Waals surface area contributed by atoms with Gasteiger partial charge in [0.15, 0.2) is 0 Å². The minimum atomic E-state index is -0.311. The van der Waals surface area contributed by atoms with E-state index in [-0.39, 0.29) is 23.7 Å². The first-order valence-corrected chi connectivity index (χ1v) is 8.91. The number of hydrogen-bond donors (Lipinski definition) is 1. The molecule has 2 heterocycles. The highest BCUT2D eigenvalue weighted by molar-refractivity contribution is 5.94. The Morgan fingerprint density at radius 2 is 1.93 bits per heavy atom. The van der Waals surface area contributed by atoms with Crippen LogP contribution in [0.5, 0.6) is 5.75 Å². The lowest BCUT2D eigenvalue weighted by Gasteiger charge is -2.25. The molecular weight excluding hydrogens is 345 g/mol. The quantitative estimate of drug-likeness (QED) is 0.751. The van der Waals surface area contributed by atoms with Gasteiger partial charge in [-0.05, 0) is 44.2 Å². The molecule has 6 heteroatoms. The van der Waals surface area contributed by atoms with Gasteiger partial charge < -0.3 is 10.1 Å². The average molecular weight is 365 g/mol. The summed E-state index contributed by atoms with van der Waals surface area (Å²) in [5.41, 5.74) is 2.45. The molecule has 1 aliphatic heterocycles. The summed E-state index contributed by atoms with van der Waals surface area (Å²) in [6.45, 7) is 3.94. The minimum Gasteiger partial charge on any atom is -0.491 e. The molecule has 0 saturated carbocycles. The fourth-order valence-corrected chi connectivity index (χ4v) is 3.39. The van der Waals surface area contributed by atoms with Gasteiger partial charge in [0.1, 0.15) is 23.7 Å². The van der Waals surface area contributed by atoms with Gasteiger partial charge >= 0.3 is 0 Å². The Labute approximate surface area is 156 Å². The van der Waals surface area contributed by atoms with Crippen LogP contribution in [0.2, 0.25) is 0 Å². The minimum absolute atomic E-state index is 0.0276. The van der Waals surface area contributed by atoms with E-state index >= 15 is 0 Å². The van der Waals surface area contributed by atoms with Gasteiger partial charge in [0.25, 0.3) is 0 Å². The molecule has 0 radical (unpaired) electrons. The summed E-state index contributed by atoms with van der Waals surface area (Å²) < 4.78 is 21.0. The number of benzene rings is 2. The van der Waals surface area contributed by atoms with E-state index in [1.54, 1.807) is 23.0 Å². The summed E-state index contributed by atoms with van der Waals surface area (Å²) in [7, 11) is 0. The first kappa shape index (κ1) is 17.3. The Hall–Kier alpha value is -3.15. The van der Waals surface area contributed by atoms with Crippen molar-refractivity contribution in [1.29, 1.82) is 0 Å². The van der Waals surface area contributed by atoms with Gasteiger partial charge in [-0.1, -0.05) is 18.2 Å². The normalized spacial score (nSPS) is 16.1. The summed E-state index contributed by atoms with van der Waals surface area (Å²) >= 11 is 0. The van der Waals surface area contributed by atoms with E-state index in [1.165, 1.54) is 12.1 Å². The SMILES string of the molecule is CC(C)Oc1ccccc1[C@@H]1CC(=O)Nc2c1ncn2-c1ccc(F)cc1. The van der Waals surface area contributed by atoms with E-state index in [0.29, 0.717) is 12.2 Å². The molecule has 0 spiro atoms. The van der Waals surface area contributed by atoms with Crippen molar-refractivity contribution >= 4 is 11.7 Å². The summed E-state index contributed by atoms with van der Waals surface area (Å²) in [4.78, 5) is 17.0. The molecule has 1 aromatic heterocycles. The van der Waals surface area contributed by atoms with Crippen molar-refractivity contribution in [3.63, 3.8) is 0 Å². The van der Waals surface area contributed by atoms with Crippen LogP contribution in [-0.4, -0.2) is 21.6 Å². The van der Waals surface area contributed by atoms with E-state index in [9.17, 15) is 9.18 Å². The van der Waals surface area contributed by atoms with E-state index in [1.807, 2.05) is 38.1 Å². The van der Waals surface area contributed by atoms with Gasteiger partial charge in [0.2, 0.25) is 5.91 Å². The molecule has 0 fully saturated rings. The van der Waals surface area contributed by atoms with Gasteiger partial charge in [-0.2, -0.15) is 0 Å². The molecule has 2 aromatic carbocycles. The maximum absolute atomic E-state index is 13.3. The molecule has 0 saturated heterocycles. The number of anilines is 1. The highest BCUT2D eigenvalue weighted by Gasteiger charge is 2.32. The van der Waals surface area contributed by atoms with Crippen LogP contribution >= 0.6 is 0 Å². The van der Waals surface area contributed by atoms with Gasteiger partial charge in [-0.25, -0.2) is 9.37 Å². The van der Waals surface area contributed by atoms with Crippen LogP contribution < -0.4 is 10.1 Å². The summed E-state index contributed by atoms with van der Waals surface area (Å²) in [5, 5.41) is 2.91. The molecule has 3 aromatic rings. The summed E-state index contributed by atoms with van der Waals surface area (Å²) in [6.07, 6.45) is 1.98. The van der Waals surface area contributed by atoms with E-state index < -0.39 is 0 Å². The number of imidazole rings is 1. The maximum Gasteiger partial charge on any atom is 0.226 e. The fraction of sp³-hybridized carbons (Fsp3) is 0.238. The standard InChI is InChI=1S/C21H20FN3O2/c1-13(2)27-18-6-4-3-5-16(18)17-11-19(26)24-21-20(17)23-12-25(21)15-9-7-14(22)8-10-15/h3-10,12-13,17H,11H2,1-2H3,(H,24,26)/t17-/m0/s1. The second-order valence-electron chi connectivity index (χ2n) is 6.83. The highest BCUT2D eigenvalue weighted by Crippen LogP contribution is 2.40. The molecule has 5 nitrogen and oxygen atoms in total. The number of para-hydroxylation sites is 1. The van der Waals surface area contributed by atoms with Gasteiger partial charge in [0.05, 0.1) is 11.8 Å². The number of amides is 1. The molecule has 0 aliphatic carbocycles. The molecule has 138 valence electrons. The number of hydrogen-bond acceptors (Lipinski definition) is 3. The maximum atomic E-state index is 13.3. The number of ether oxygens (including phenoxy) is 1. The van der Waals surface area contributed by atoms with Gasteiger partial charge in [0, 0.05) is 23.6 Å². The van der Waals surface area contributed by atoms with Crippen molar-refractivity contribution in [2.75, 3.05) is 5.32 Å². The fourth-order valence-electron chi connectivity index (χ4n) is 3.39. The van der Waals surface area contributed by atoms with Crippen LogP contribution in [0.15, 0.2) is 54.9 Å². The number of halogens is 1. The summed E-state index contributed by atoms with van der Waals surface area (Å²) in [6, 6.07) is 13.8. The number of nitrogens with one attached hydrogen (secondary N) is 1. The topological polar surface area (TPSA) is 56.1 Å². The van der Waals surface area contributed by atoms with E-state index in [0.717, 1.165) is 22.7 Å². The molecular formula is C21H20FN3O2. The first-order valence-electron chi connectivity index (χ1n) is 8.91. The second kappa shape index (κ2) is 6.87. The van der Waals surface area contributed by atoms with Gasteiger partial charge in [-0.3, -0.25) is 9.36 Å². The Morgan fingerprint density at radius 3 is 2.67 bits per heavy atom. The first-order chi connectivity index (χ1) is 13.0. The smallest absolute Gasteiger partial charge is 0.226 e. The predicted molar refractivity (Wildman–Crippen MR) is 101 cm³/mol. The third kappa shape index (κ3) is 3.30. The van der Waals surface area contributed by atoms with Crippen molar-refractivity contribution in [3.8, 4) is 11.4 Å². The second-order valence-corrected chi connectivity index (χ2v) is 6.83. The lowest BCUT2D eigenvalue weighted by atomic mass is 9.89. The number of fused-ring (bicyclic) bond motifs is 1. The molecule has 1 N–H and O–H groups in total. The molecule has 1 aliphatic rings. The molecule has 1 atom stereocenters. The average Bonchev–Trinajstić information content (AvgIpc) is 3.05. The Balaban J connectivity index is 1.79. The third-order valence-electron chi connectivity index (χ3n) is 4.54. The highest BCUT2D eigenvalue weighted by atomic mass is 19.1. The monoisotopic (exact) mass is 365 g/mol. The zero-order valence-electron chi connectivity index (χ0n) is 15.1. The number of carbonyl (C=O) groups is 1. The van der Waals surface area contributed by atoms with Crippen molar-refractivity contribution in [2.45, 2.75) is 32.3 Å². The van der Waals surface area contributed by atoms with Crippen molar-refractivity contribution in [2.24, 2.45) is 0 Å². The number of aromatic nitrogens is 2. The number of nitrogens with zero attached hydrogens (tertiary/aromatic N) is 2. The molecule has 0 unspecified atom stereocenters. The van der Waals surface area contributed by atoms with Crippen molar-refractivity contribution in [3.05, 3.63) is 71.9 Å². The largest absolute Gasteiger partial charge is 0.491 e.